The predicted octanol–water partition coefficient (Wildman–Crippen LogP) is 1.99. The van der Waals surface area contributed by atoms with Gasteiger partial charge in [0.1, 0.15) is 11.5 Å². The Hall–Kier alpha value is -2.38. The number of benzene rings is 2. The highest BCUT2D eigenvalue weighted by Gasteiger charge is 2.14. The normalized spacial score (nSPS) is 11.3. The molecule has 0 aromatic heterocycles. The molecule has 2 aromatic rings. The number of likely N-dealkylation sites (N-methyl/N-ethyl adjacent to an activating group) is 1. The highest BCUT2D eigenvalue weighted by Crippen LogP contribution is 2.20. The van der Waals surface area contributed by atoms with E-state index < -0.39 is 10.0 Å². The van der Waals surface area contributed by atoms with E-state index in [2.05, 4.69) is 5.32 Å². The van der Waals surface area contributed by atoms with Crippen LogP contribution < -0.4 is 10.1 Å². The molecular weight excluding hydrogens is 328 g/mol. The second kappa shape index (κ2) is 7.94. The van der Waals surface area contributed by atoms with Crippen molar-refractivity contribution in [1.82, 2.24) is 9.62 Å². The van der Waals surface area contributed by atoms with Crippen LogP contribution in [-0.2, 0) is 21.4 Å². The number of hydrogen-bond donors (Lipinski definition) is 1. The number of carbonyl (C=O) groups is 1. The second-order valence-corrected chi connectivity index (χ2v) is 7.44. The van der Waals surface area contributed by atoms with Crippen molar-refractivity contribution in [1.29, 1.82) is 0 Å². The van der Waals surface area contributed by atoms with Crippen LogP contribution in [0.25, 0.3) is 0 Å². The van der Waals surface area contributed by atoms with Gasteiger partial charge >= 0.3 is 0 Å². The molecule has 7 heteroatoms. The summed E-state index contributed by atoms with van der Waals surface area (Å²) in [5.74, 6) is 1.10. The van der Waals surface area contributed by atoms with E-state index in [1.807, 2.05) is 54.6 Å². The topological polar surface area (TPSA) is 75.7 Å². The van der Waals surface area contributed by atoms with Crippen molar-refractivity contribution in [3.8, 4) is 11.5 Å². The average molecular weight is 348 g/mol. The molecule has 0 aliphatic rings. The molecule has 0 fully saturated rings. The molecule has 0 saturated carbocycles. The second-order valence-electron chi connectivity index (χ2n) is 5.35. The predicted molar refractivity (Wildman–Crippen MR) is 92.3 cm³/mol. The fraction of sp³-hybridized carbons (Fsp3) is 0.235. The van der Waals surface area contributed by atoms with Gasteiger partial charge in [0.15, 0.2) is 0 Å². The molecule has 1 amide bonds. The van der Waals surface area contributed by atoms with Gasteiger partial charge in [0.2, 0.25) is 15.9 Å². The first-order valence-electron chi connectivity index (χ1n) is 7.34. The molecule has 0 heterocycles. The fourth-order valence-corrected chi connectivity index (χ4v) is 2.23. The Morgan fingerprint density at radius 1 is 1.04 bits per heavy atom. The number of ether oxygens (including phenoxy) is 1. The van der Waals surface area contributed by atoms with Crippen LogP contribution in [0.15, 0.2) is 54.6 Å². The molecule has 6 nitrogen and oxygen atoms in total. The molecule has 0 radical (unpaired) electrons. The Labute approximate surface area is 142 Å². The monoisotopic (exact) mass is 348 g/mol. The van der Waals surface area contributed by atoms with Crippen LogP contribution in [0.1, 0.15) is 5.56 Å². The van der Waals surface area contributed by atoms with Crippen molar-refractivity contribution < 1.29 is 17.9 Å². The molecule has 1 N–H and O–H groups in total. The highest BCUT2D eigenvalue weighted by atomic mass is 32.2. The molecular formula is C17H20N2O4S. The average Bonchev–Trinajstić information content (AvgIpc) is 2.54. The first-order chi connectivity index (χ1) is 11.3. The third kappa shape index (κ3) is 5.68. The molecule has 0 aliphatic carbocycles. The maximum atomic E-state index is 11.7. The standard InChI is InChI=1S/C17H20N2O4S/c1-19(24(2,21)22)13-17(20)18-12-14-8-10-16(11-9-14)23-15-6-4-3-5-7-15/h3-11H,12-13H2,1-2H3,(H,18,20). The zero-order chi connectivity index (χ0) is 17.6. The number of para-hydroxylation sites is 1. The van der Waals surface area contributed by atoms with Crippen LogP contribution >= 0.6 is 0 Å². The first kappa shape index (κ1) is 18.0. The van der Waals surface area contributed by atoms with Gasteiger partial charge in [-0.25, -0.2) is 8.42 Å². The first-order valence-corrected chi connectivity index (χ1v) is 9.19. The maximum Gasteiger partial charge on any atom is 0.235 e. The van der Waals surface area contributed by atoms with E-state index in [9.17, 15) is 13.2 Å². The third-order valence-corrected chi connectivity index (χ3v) is 4.59. The van der Waals surface area contributed by atoms with Gasteiger partial charge < -0.3 is 10.1 Å². The molecule has 2 rings (SSSR count). The van der Waals surface area contributed by atoms with E-state index in [1.165, 1.54) is 7.05 Å². The number of nitrogens with one attached hydrogen (secondary N) is 1. The number of amides is 1. The largest absolute Gasteiger partial charge is 0.457 e. The molecule has 2 aromatic carbocycles. The van der Waals surface area contributed by atoms with Gasteiger partial charge in [0.25, 0.3) is 0 Å². The summed E-state index contributed by atoms with van der Waals surface area (Å²) in [4.78, 5) is 11.7. The van der Waals surface area contributed by atoms with Gasteiger partial charge in [-0.1, -0.05) is 30.3 Å². The Morgan fingerprint density at radius 3 is 2.21 bits per heavy atom. The number of carbonyl (C=O) groups excluding carboxylic acids is 1. The lowest BCUT2D eigenvalue weighted by molar-refractivity contribution is -0.121. The van der Waals surface area contributed by atoms with Crippen molar-refractivity contribution in [2.24, 2.45) is 0 Å². The maximum absolute atomic E-state index is 11.7. The SMILES string of the molecule is CN(CC(=O)NCc1ccc(Oc2ccccc2)cc1)S(C)(=O)=O. The fourth-order valence-electron chi connectivity index (χ4n) is 1.88. The van der Waals surface area contributed by atoms with Gasteiger partial charge in [-0.15, -0.1) is 0 Å². The molecule has 0 saturated heterocycles. The Kier molecular flexibility index (Phi) is 5.94. The quantitative estimate of drug-likeness (QED) is 0.830. The Balaban J connectivity index is 1.85. The van der Waals surface area contributed by atoms with E-state index in [1.54, 1.807) is 0 Å². The summed E-state index contributed by atoms with van der Waals surface area (Å²) in [5.41, 5.74) is 0.894. The van der Waals surface area contributed by atoms with Crippen molar-refractivity contribution in [2.75, 3.05) is 19.8 Å². The van der Waals surface area contributed by atoms with Gasteiger partial charge in [0.05, 0.1) is 12.8 Å². The van der Waals surface area contributed by atoms with E-state index in [0.717, 1.165) is 21.9 Å². The third-order valence-electron chi connectivity index (χ3n) is 3.32. The number of nitrogens with zero attached hydrogens (tertiary/aromatic N) is 1. The minimum absolute atomic E-state index is 0.200. The number of hydrogen-bond acceptors (Lipinski definition) is 4. The lowest BCUT2D eigenvalue weighted by Crippen LogP contribution is -2.37. The lowest BCUT2D eigenvalue weighted by atomic mass is 10.2. The minimum atomic E-state index is -3.36. The summed E-state index contributed by atoms with van der Waals surface area (Å²) in [6.45, 7) is 0.121. The summed E-state index contributed by atoms with van der Waals surface area (Å²) >= 11 is 0. The van der Waals surface area contributed by atoms with E-state index in [4.69, 9.17) is 4.74 Å². The van der Waals surface area contributed by atoms with E-state index in [0.29, 0.717) is 12.3 Å². The van der Waals surface area contributed by atoms with E-state index >= 15 is 0 Å². The van der Waals surface area contributed by atoms with Crippen molar-refractivity contribution in [3.05, 3.63) is 60.2 Å². The summed E-state index contributed by atoms with van der Waals surface area (Å²) in [6.07, 6.45) is 1.06. The summed E-state index contributed by atoms with van der Waals surface area (Å²) in [6, 6.07) is 16.8. The number of rotatable bonds is 7. The van der Waals surface area contributed by atoms with Crippen LogP contribution in [0.2, 0.25) is 0 Å². The zero-order valence-corrected chi connectivity index (χ0v) is 14.4. The Morgan fingerprint density at radius 2 is 1.62 bits per heavy atom. The highest BCUT2D eigenvalue weighted by molar-refractivity contribution is 7.88. The minimum Gasteiger partial charge on any atom is -0.457 e. The summed E-state index contributed by atoms with van der Waals surface area (Å²) in [5, 5.41) is 2.69. The van der Waals surface area contributed by atoms with Crippen LogP contribution in [-0.4, -0.2) is 38.5 Å². The zero-order valence-electron chi connectivity index (χ0n) is 13.6. The van der Waals surface area contributed by atoms with Crippen molar-refractivity contribution in [3.63, 3.8) is 0 Å². The van der Waals surface area contributed by atoms with Crippen LogP contribution in [0.5, 0.6) is 11.5 Å². The van der Waals surface area contributed by atoms with Crippen LogP contribution in [0, 0.1) is 0 Å². The van der Waals surface area contributed by atoms with E-state index in [-0.39, 0.29) is 12.5 Å². The summed E-state index contributed by atoms with van der Waals surface area (Å²) in [7, 11) is -1.99. The molecule has 24 heavy (non-hydrogen) atoms. The number of sulfonamides is 1. The summed E-state index contributed by atoms with van der Waals surface area (Å²) < 4.78 is 29.2. The van der Waals surface area contributed by atoms with Gasteiger partial charge in [-0.05, 0) is 29.8 Å². The molecule has 128 valence electrons. The smallest absolute Gasteiger partial charge is 0.235 e. The Bertz CT molecular complexity index is 774. The molecule has 0 bridgehead atoms. The van der Waals surface area contributed by atoms with Crippen molar-refractivity contribution in [2.45, 2.75) is 6.54 Å². The molecule has 0 spiro atoms. The van der Waals surface area contributed by atoms with Gasteiger partial charge in [-0.3, -0.25) is 4.79 Å². The molecule has 0 aliphatic heterocycles. The van der Waals surface area contributed by atoms with Gasteiger partial charge in [-0.2, -0.15) is 4.31 Å². The van der Waals surface area contributed by atoms with Crippen LogP contribution in [0.3, 0.4) is 0 Å². The van der Waals surface area contributed by atoms with Crippen LogP contribution in [0.4, 0.5) is 0 Å². The lowest BCUT2D eigenvalue weighted by Gasteiger charge is -2.13. The molecule has 0 atom stereocenters. The van der Waals surface area contributed by atoms with Crippen molar-refractivity contribution >= 4 is 15.9 Å². The molecule has 0 unspecified atom stereocenters. The van der Waals surface area contributed by atoms with Gasteiger partial charge in [0, 0.05) is 13.6 Å².